The summed E-state index contributed by atoms with van der Waals surface area (Å²) in [5.74, 6) is 1.21. The number of nitrogens with zero attached hydrogens (tertiary/aromatic N) is 1. The van der Waals surface area contributed by atoms with Crippen LogP contribution in [0.25, 0.3) is 0 Å². The Morgan fingerprint density at radius 1 is 1.14 bits per heavy atom. The standard InChI is InChI=1S/C21H25N3O4S/c1-29(26,27)19-4-2-3-18(20(19)22)28-16-7-5-15(6-8-16)21(25)23-17-13-24-11-9-14(17)10-12-24/h2-8,14,17H,9-13,22H2,1H3,(H,23,25)/t17-/m0/s1. The first-order valence-electron chi connectivity index (χ1n) is 9.71. The van der Waals surface area contributed by atoms with Crippen LogP contribution in [-0.4, -0.2) is 51.2 Å². The molecule has 1 amide bonds. The van der Waals surface area contributed by atoms with Crippen molar-refractivity contribution in [2.45, 2.75) is 23.8 Å². The van der Waals surface area contributed by atoms with E-state index >= 15 is 0 Å². The molecule has 0 unspecified atom stereocenters. The average molecular weight is 416 g/mol. The normalized spacial score (nSPS) is 23.6. The van der Waals surface area contributed by atoms with Gasteiger partial charge in [-0.05, 0) is 68.2 Å². The second kappa shape index (κ2) is 7.68. The molecule has 3 fully saturated rings. The molecule has 2 aromatic rings. The van der Waals surface area contributed by atoms with Gasteiger partial charge in [-0.1, -0.05) is 6.07 Å². The quantitative estimate of drug-likeness (QED) is 0.727. The van der Waals surface area contributed by atoms with E-state index in [1.165, 1.54) is 6.07 Å². The Bertz CT molecular complexity index is 1010. The molecule has 2 bridgehead atoms. The summed E-state index contributed by atoms with van der Waals surface area (Å²) in [6.45, 7) is 3.19. The van der Waals surface area contributed by atoms with Gasteiger partial charge in [0.25, 0.3) is 5.91 Å². The number of carbonyl (C=O) groups is 1. The van der Waals surface area contributed by atoms with Crippen LogP contribution >= 0.6 is 0 Å². The summed E-state index contributed by atoms with van der Waals surface area (Å²) in [7, 11) is -3.45. The van der Waals surface area contributed by atoms with E-state index < -0.39 is 9.84 Å². The van der Waals surface area contributed by atoms with Crippen LogP contribution in [-0.2, 0) is 9.84 Å². The van der Waals surface area contributed by atoms with E-state index in [9.17, 15) is 13.2 Å². The smallest absolute Gasteiger partial charge is 0.251 e. The van der Waals surface area contributed by atoms with Gasteiger partial charge in [0, 0.05) is 24.4 Å². The number of ether oxygens (including phenoxy) is 1. The predicted octanol–water partition coefficient (Wildman–Crippen LogP) is 2.29. The number of carbonyl (C=O) groups excluding carboxylic acids is 1. The van der Waals surface area contributed by atoms with Gasteiger partial charge in [-0.3, -0.25) is 4.79 Å². The molecule has 0 aliphatic carbocycles. The largest absolute Gasteiger partial charge is 0.455 e. The van der Waals surface area contributed by atoms with Gasteiger partial charge in [-0.15, -0.1) is 0 Å². The van der Waals surface area contributed by atoms with Gasteiger partial charge in [0.2, 0.25) is 0 Å². The Morgan fingerprint density at radius 2 is 1.83 bits per heavy atom. The molecule has 0 spiro atoms. The van der Waals surface area contributed by atoms with Crippen molar-refractivity contribution in [3.63, 3.8) is 0 Å². The third-order valence-corrected chi connectivity index (χ3v) is 6.90. The molecule has 3 aliphatic rings. The molecule has 3 heterocycles. The van der Waals surface area contributed by atoms with Gasteiger partial charge in [0.15, 0.2) is 15.6 Å². The first kappa shape index (κ1) is 19.7. The summed E-state index contributed by atoms with van der Waals surface area (Å²) in [4.78, 5) is 15.0. The lowest BCUT2D eigenvalue weighted by Crippen LogP contribution is -2.57. The van der Waals surface area contributed by atoms with E-state index in [-0.39, 0.29) is 28.3 Å². The first-order chi connectivity index (χ1) is 13.8. The van der Waals surface area contributed by atoms with Crippen molar-refractivity contribution >= 4 is 21.4 Å². The fourth-order valence-electron chi connectivity index (χ4n) is 4.12. The number of benzene rings is 2. The van der Waals surface area contributed by atoms with E-state index in [4.69, 9.17) is 10.5 Å². The zero-order valence-corrected chi connectivity index (χ0v) is 17.1. The molecule has 0 aromatic heterocycles. The third-order valence-electron chi connectivity index (χ3n) is 5.74. The minimum Gasteiger partial charge on any atom is -0.455 e. The SMILES string of the molecule is CS(=O)(=O)c1cccc(Oc2ccc(C(=O)N[C@H]3CN4CCC3CC4)cc2)c1N. The van der Waals surface area contributed by atoms with Crippen LogP contribution in [0.3, 0.4) is 0 Å². The van der Waals surface area contributed by atoms with Gasteiger partial charge in [-0.2, -0.15) is 0 Å². The zero-order chi connectivity index (χ0) is 20.6. The van der Waals surface area contributed by atoms with Gasteiger partial charge in [-0.25, -0.2) is 8.42 Å². The molecule has 3 aliphatic heterocycles. The molecule has 7 nitrogen and oxygen atoms in total. The molecule has 3 N–H and O–H groups in total. The highest BCUT2D eigenvalue weighted by Gasteiger charge is 2.34. The molecule has 5 rings (SSSR count). The minimum atomic E-state index is -3.45. The number of nitrogens with two attached hydrogens (primary N) is 1. The number of amides is 1. The second-order valence-corrected chi connectivity index (χ2v) is 9.77. The van der Waals surface area contributed by atoms with E-state index in [2.05, 4.69) is 10.2 Å². The molecule has 29 heavy (non-hydrogen) atoms. The molecule has 0 saturated carbocycles. The van der Waals surface area contributed by atoms with Crippen molar-refractivity contribution in [1.82, 2.24) is 10.2 Å². The number of nitrogens with one attached hydrogen (secondary N) is 1. The highest BCUT2D eigenvalue weighted by molar-refractivity contribution is 7.90. The van der Waals surface area contributed by atoms with Gasteiger partial charge < -0.3 is 20.7 Å². The van der Waals surface area contributed by atoms with Crippen molar-refractivity contribution in [2.24, 2.45) is 5.92 Å². The van der Waals surface area contributed by atoms with Crippen molar-refractivity contribution in [2.75, 3.05) is 31.6 Å². The van der Waals surface area contributed by atoms with Crippen LogP contribution in [0.15, 0.2) is 47.4 Å². The van der Waals surface area contributed by atoms with Crippen LogP contribution in [0.2, 0.25) is 0 Å². The van der Waals surface area contributed by atoms with Crippen LogP contribution < -0.4 is 15.8 Å². The maximum Gasteiger partial charge on any atom is 0.251 e. The van der Waals surface area contributed by atoms with Gasteiger partial charge in [0.05, 0.1) is 10.6 Å². The molecule has 154 valence electrons. The van der Waals surface area contributed by atoms with Crippen LogP contribution in [0.5, 0.6) is 11.5 Å². The summed E-state index contributed by atoms with van der Waals surface area (Å²) in [5.41, 5.74) is 6.59. The lowest BCUT2D eigenvalue weighted by molar-refractivity contribution is 0.0620. The maximum absolute atomic E-state index is 12.6. The number of sulfone groups is 1. The lowest BCUT2D eigenvalue weighted by Gasteiger charge is -2.44. The highest BCUT2D eigenvalue weighted by Crippen LogP contribution is 2.32. The number of hydrogen-bond donors (Lipinski definition) is 2. The van der Waals surface area contributed by atoms with E-state index in [1.807, 2.05) is 0 Å². The number of piperidine rings is 3. The monoisotopic (exact) mass is 415 g/mol. The summed E-state index contributed by atoms with van der Waals surface area (Å²) < 4.78 is 29.4. The maximum atomic E-state index is 12.6. The van der Waals surface area contributed by atoms with Gasteiger partial charge in [0.1, 0.15) is 5.75 Å². The topological polar surface area (TPSA) is 102 Å². The Labute approximate surface area is 170 Å². The van der Waals surface area contributed by atoms with Crippen LogP contribution in [0, 0.1) is 5.92 Å². The van der Waals surface area contributed by atoms with Gasteiger partial charge >= 0.3 is 0 Å². The molecule has 1 atom stereocenters. The summed E-state index contributed by atoms with van der Waals surface area (Å²) in [6, 6.07) is 11.6. The molecular weight excluding hydrogens is 390 g/mol. The fraction of sp³-hybridized carbons (Fsp3) is 0.381. The highest BCUT2D eigenvalue weighted by atomic mass is 32.2. The number of nitrogen functional groups attached to an aromatic ring is 1. The molecule has 8 heteroatoms. The fourth-order valence-corrected chi connectivity index (χ4v) is 4.94. The van der Waals surface area contributed by atoms with E-state index in [0.717, 1.165) is 38.7 Å². The summed E-state index contributed by atoms with van der Waals surface area (Å²) >= 11 is 0. The number of para-hydroxylation sites is 1. The van der Waals surface area contributed by atoms with Crippen molar-refractivity contribution in [3.8, 4) is 11.5 Å². The number of hydrogen-bond acceptors (Lipinski definition) is 6. The lowest BCUT2D eigenvalue weighted by atomic mass is 9.84. The summed E-state index contributed by atoms with van der Waals surface area (Å²) in [5, 5.41) is 3.16. The zero-order valence-electron chi connectivity index (χ0n) is 16.3. The molecule has 0 radical (unpaired) electrons. The first-order valence-corrected chi connectivity index (χ1v) is 11.6. The van der Waals surface area contributed by atoms with Crippen LogP contribution in [0.1, 0.15) is 23.2 Å². The Hall–Kier alpha value is -2.58. The number of fused-ring (bicyclic) bond motifs is 3. The van der Waals surface area contributed by atoms with Crippen LogP contribution in [0.4, 0.5) is 5.69 Å². The Kier molecular flexibility index (Phi) is 5.23. The van der Waals surface area contributed by atoms with Crippen molar-refractivity contribution in [1.29, 1.82) is 0 Å². The van der Waals surface area contributed by atoms with E-state index in [1.54, 1.807) is 36.4 Å². The average Bonchev–Trinajstić information content (AvgIpc) is 2.70. The van der Waals surface area contributed by atoms with Crippen molar-refractivity contribution < 1.29 is 17.9 Å². The Morgan fingerprint density at radius 3 is 2.41 bits per heavy atom. The third kappa shape index (κ3) is 4.23. The van der Waals surface area contributed by atoms with E-state index in [0.29, 0.717) is 17.2 Å². The number of rotatable bonds is 5. The molecule has 3 saturated heterocycles. The molecule has 2 aromatic carbocycles. The minimum absolute atomic E-state index is 0.0310. The predicted molar refractivity (Wildman–Crippen MR) is 111 cm³/mol. The number of anilines is 1. The second-order valence-electron chi connectivity index (χ2n) is 7.78. The molecular formula is C21H25N3O4S. The summed E-state index contributed by atoms with van der Waals surface area (Å²) in [6.07, 6.45) is 3.39. The van der Waals surface area contributed by atoms with Crippen molar-refractivity contribution in [3.05, 3.63) is 48.0 Å². The Balaban J connectivity index is 1.44.